The van der Waals surface area contributed by atoms with Crippen LogP contribution in [0.15, 0.2) is 6.07 Å². The summed E-state index contributed by atoms with van der Waals surface area (Å²) in [5.41, 5.74) is 2.41. The van der Waals surface area contributed by atoms with Gasteiger partial charge in [0.2, 0.25) is 0 Å². The first-order chi connectivity index (χ1) is 7.17. The summed E-state index contributed by atoms with van der Waals surface area (Å²) in [6.07, 6.45) is 3.55. The van der Waals surface area contributed by atoms with Crippen molar-refractivity contribution in [2.75, 3.05) is 0 Å². The van der Waals surface area contributed by atoms with Gasteiger partial charge in [0.25, 0.3) is 0 Å². The molecule has 0 bridgehead atoms. The molecule has 3 nitrogen and oxygen atoms in total. The van der Waals surface area contributed by atoms with Gasteiger partial charge in [0.1, 0.15) is 5.78 Å². The molecule has 0 aromatic carbocycles. The Balaban J connectivity index is 2.58. The summed E-state index contributed by atoms with van der Waals surface area (Å²) in [7, 11) is 0. The van der Waals surface area contributed by atoms with E-state index in [2.05, 4.69) is 25.0 Å². The zero-order chi connectivity index (χ0) is 11.3. The van der Waals surface area contributed by atoms with E-state index >= 15 is 0 Å². The molecule has 0 saturated carbocycles. The molecule has 0 aliphatic carbocycles. The molecule has 1 rings (SSSR count). The van der Waals surface area contributed by atoms with Gasteiger partial charge >= 0.3 is 0 Å². The second-order valence-corrected chi connectivity index (χ2v) is 3.85. The number of Topliss-reactive ketones (excluding diaryl/α,β-unsaturated/α-hetero) is 1. The molecule has 1 heterocycles. The van der Waals surface area contributed by atoms with E-state index in [1.54, 1.807) is 6.92 Å². The van der Waals surface area contributed by atoms with Crippen molar-refractivity contribution < 1.29 is 4.79 Å². The molecule has 84 valence electrons. The molecule has 1 aromatic heterocycles. The average Bonchev–Trinajstić information content (AvgIpc) is 2.60. The van der Waals surface area contributed by atoms with Crippen LogP contribution in [0.1, 0.15) is 45.0 Å². The molecule has 15 heavy (non-hydrogen) atoms. The molecule has 0 amide bonds. The van der Waals surface area contributed by atoms with Crippen LogP contribution in [-0.2, 0) is 24.2 Å². The quantitative estimate of drug-likeness (QED) is 0.719. The average molecular weight is 208 g/mol. The van der Waals surface area contributed by atoms with Crippen molar-refractivity contribution in [3.05, 3.63) is 17.5 Å². The smallest absolute Gasteiger partial charge is 0.129 e. The summed E-state index contributed by atoms with van der Waals surface area (Å²) >= 11 is 0. The molecule has 0 saturated heterocycles. The van der Waals surface area contributed by atoms with E-state index < -0.39 is 0 Å². The lowest BCUT2D eigenvalue weighted by Crippen LogP contribution is -2.03. The molecule has 0 spiro atoms. The summed E-state index contributed by atoms with van der Waals surface area (Å²) in [6, 6.07) is 2.16. The molecule has 0 atom stereocenters. The molecule has 3 heteroatoms. The maximum absolute atomic E-state index is 10.8. The number of carbonyl (C=O) groups excluding carboxylic acids is 1. The third kappa shape index (κ3) is 3.50. The third-order valence-electron chi connectivity index (χ3n) is 2.54. The number of hydrogen-bond acceptors (Lipinski definition) is 2. The Morgan fingerprint density at radius 2 is 2.20 bits per heavy atom. The number of nitrogens with zero attached hydrogens (tertiary/aromatic N) is 2. The van der Waals surface area contributed by atoms with E-state index in [9.17, 15) is 4.79 Å². The number of carbonyl (C=O) groups is 1. The van der Waals surface area contributed by atoms with E-state index in [1.807, 2.05) is 4.68 Å². The molecule has 0 fully saturated rings. The van der Waals surface area contributed by atoms with Crippen molar-refractivity contribution in [2.24, 2.45) is 0 Å². The fourth-order valence-corrected chi connectivity index (χ4v) is 1.68. The van der Waals surface area contributed by atoms with Gasteiger partial charge in [0, 0.05) is 18.7 Å². The summed E-state index contributed by atoms with van der Waals surface area (Å²) in [5, 5.41) is 4.48. The number of ketones is 1. The zero-order valence-corrected chi connectivity index (χ0v) is 9.92. The lowest BCUT2D eigenvalue weighted by Gasteiger charge is -2.02. The molecular weight excluding hydrogens is 188 g/mol. The van der Waals surface area contributed by atoms with Gasteiger partial charge in [-0.1, -0.05) is 6.92 Å². The fourth-order valence-electron chi connectivity index (χ4n) is 1.68. The normalized spacial score (nSPS) is 10.6. The van der Waals surface area contributed by atoms with Crippen LogP contribution in [0, 0.1) is 0 Å². The molecule has 0 radical (unpaired) electrons. The van der Waals surface area contributed by atoms with Crippen molar-refractivity contribution in [2.45, 2.75) is 53.0 Å². The lowest BCUT2D eigenvalue weighted by atomic mass is 10.1. The zero-order valence-electron chi connectivity index (χ0n) is 9.92. The first-order valence-corrected chi connectivity index (χ1v) is 5.72. The Bertz CT molecular complexity index is 328. The van der Waals surface area contributed by atoms with Crippen molar-refractivity contribution in [1.29, 1.82) is 0 Å². The van der Waals surface area contributed by atoms with Gasteiger partial charge in [-0.2, -0.15) is 5.10 Å². The van der Waals surface area contributed by atoms with Crippen molar-refractivity contribution in [1.82, 2.24) is 9.78 Å². The van der Waals surface area contributed by atoms with Crippen molar-refractivity contribution >= 4 is 5.78 Å². The Morgan fingerprint density at radius 1 is 1.47 bits per heavy atom. The molecule has 0 aliphatic heterocycles. The standard InChI is InChI=1S/C12H20N2O/c1-4-11-9-12(14(5-2)13-11)8-6-7-10(3)15/h9H,4-8H2,1-3H3. The van der Waals surface area contributed by atoms with Crippen LogP contribution in [0.4, 0.5) is 0 Å². The number of aryl methyl sites for hydroxylation is 3. The minimum Gasteiger partial charge on any atom is -0.300 e. The van der Waals surface area contributed by atoms with Crippen LogP contribution in [0.2, 0.25) is 0 Å². The maximum Gasteiger partial charge on any atom is 0.129 e. The minimum absolute atomic E-state index is 0.272. The van der Waals surface area contributed by atoms with Crippen LogP contribution in [0.5, 0.6) is 0 Å². The van der Waals surface area contributed by atoms with Crippen LogP contribution in [0.3, 0.4) is 0 Å². The first-order valence-electron chi connectivity index (χ1n) is 5.72. The Kier molecular flexibility index (Phi) is 4.53. The summed E-state index contributed by atoms with van der Waals surface area (Å²) < 4.78 is 2.04. The van der Waals surface area contributed by atoms with Gasteiger partial charge in [0.15, 0.2) is 0 Å². The van der Waals surface area contributed by atoms with E-state index in [0.29, 0.717) is 6.42 Å². The number of hydrogen-bond donors (Lipinski definition) is 0. The molecule has 0 aliphatic rings. The highest BCUT2D eigenvalue weighted by molar-refractivity contribution is 5.75. The van der Waals surface area contributed by atoms with Gasteiger partial charge in [0.05, 0.1) is 5.69 Å². The van der Waals surface area contributed by atoms with E-state index in [0.717, 1.165) is 31.5 Å². The Morgan fingerprint density at radius 3 is 2.73 bits per heavy atom. The van der Waals surface area contributed by atoms with E-state index in [-0.39, 0.29) is 5.78 Å². The fraction of sp³-hybridized carbons (Fsp3) is 0.667. The van der Waals surface area contributed by atoms with Gasteiger partial charge in [-0.05, 0) is 39.2 Å². The SMILES string of the molecule is CCc1cc(CCCC(C)=O)n(CC)n1. The Labute approximate surface area is 91.5 Å². The molecule has 1 aromatic rings. The first kappa shape index (κ1) is 12.0. The summed E-state index contributed by atoms with van der Waals surface area (Å²) in [6.45, 7) is 6.77. The monoisotopic (exact) mass is 208 g/mol. The second kappa shape index (κ2) is 5.69. The van der Waals surface area contributed by atoms with Crippen molar-refractivity contribution in [3.8, 4) is 0 Å². The van der Waals surface area contributed by atoms with E-state index in [4.69, 9.17) is 0 Å². The van der Waals surface area contributed by atoms with Crippen LogP contribution in [-0.4, -0.2) is 15.6 Å². The van der Waals surface area contributed by atoms with Crippen LogP contribution < -0.4 is 0 Å². The van der Waals surface area contributed by atoms with Gasteiger partial charge < -0.3 is 4.79 Å². The molecule has 0 N–H and O–H groups in total. The second-order valence-electron chi connectivity index (χ2n) is 3.85. The number of aromatic nitrogens is 2. The molecular formula is C12H20N2O. The number of rotatable bonds is 6. The minimum atomic E-state index is 0.272. The summed E-state index contributed by atoms with van der Waals surface area (Å²) in [4.78, 5) is 10.8. The topological polar surface area (TPSA) is 34.9 Å². The van der Waals surface area contributed by atoms with Gasteiger partial charge in [-0.15, -0.1) is 0 Å². The summed E-state index contributed by atoms with van der Waals surface area (Å²) in [5.74, 6) is 0.272. The van der Waals surface area contributed by atoms with Gasteiger partial charge in [-0.3, -0.25) is 4.68 Å². The highest BCUT2D eigenvalue weighted by Gasteiger charge is 2.05. The third-order valence-corrected chi connectivity index (χ3v) is 2.54. The van der Waals surface area contributed by atoms with Gasteiger partial charge in [-0.25, -0.2) is 0 Å². The Hall–Kier alpha value is -1.12. The highest BCUT2D eigenvalue weighted by Crippen LogP contribution is 2.09. The van der Waals surface area contributed by atoms with Crippen LogP contribution in [0.25, 0.3) is 0 Å². The predicted molar refractivity (Wildman–Crippen MR) is 60.9 cm³/mol. The largest absolute Gasteiger partial charge is 0.300 e. The maximum atomic E-state index is 10.8. The molecule has 0 unspecified atom stereocenters. The van der Waals surface area contributed by atoms with Crippen LogP contribution >= 0.6 is 0 Å². The van der Waals surface area contributed by atoms with Crippen molar-refractivity contribution in [3.63, 3.8) is 0 Å². The predicted octanol–water partition coefficient (Wildman–Crippen LogP) is 2.38. The van der Waals surface area contributed by atoms with E-state index in [1.165, 1.54) is 5.69 Å². The lowest BCUT2D eigenvalue weighted by molar-refractivity contribution is -0.117. The highest BCUT2D eigenvalue weighted by atomic mass is 16.1.